The summed E-state index contributed by atoms with van der Waals surface area (Å²) in [4.78, 5) is 2.87. The predicted molar refractivity (Wildman–Crippen MR) is 39.6 cm³/mol. The third-order valence-electron chi connectivity index (χ3n) is 1.14. The number of hydrogen-bond acceptors (Lipinski definition) is 1. The molecule has 1 aromatic carbocycles. The van der Waals surface area contributed by atoms with Crippen LogP contribution in [0.2, 0.25) is 0 Å². The molecule has 0 aliphatic carbocycles. The molecule has 12 heavy (non-hydrogen) atoms. The standard InChI is InChI=1S/C7H7N3.ClH.Zn/c8-7-3-1-6(2-4-7)5-10-9;;/h1-5H,8H2;1H;/q;;+2/p-1. The molecular weight excluding hydrogens is 227 g/mol. The summed E-state index contributed by atoms with van der Waals surface area (Å²) in [5.74, 6) is 0. The van der Waals surface area contributed by atoms with Gasteiger partial charge in [0.15, 0.2) is 0 Å². The number of rotatable bonds is 1. The first-order chi connectivity index (χ1) is 4.83. The summed E-state index contributed by atoms with van der Waals surface area (Å²) in [5, 5.41) is 0. The van der Waals surface area contributed by atoms with Crippen LogP contribution in [0.15, 0.2) is 24.3 Å². The molecule has 3 nitrogen and oxygen atoms in total. The molecule has 58 valence electrons. The second kappa shape index (κ2) is 6.99. The van der Waals surface area contributed by atoms with Gasteiger partial charge in [0.25, 0.3) is 6.21 Å². The number of anilines is 1. The molecule has 0 aliphatic rings. The van der Waals surface area contributed by atoms with Gasteiger partial charge in [-0.25, -0.2) is 0 Å². The van der Waals surface area contributed by atoms with Crippen LogP contribution in [0.25, 0.3) is 5.53 Å². The molecule has 0 amide bonds. The summed E-state index contributed by atoms with van der Waals surface area (Å²) in [6.07, 6.45) is 1.35. The third kappa shape index (κ3) is 4.25. The monoisotopic (exact) mass is 232 g/mol. The fourth-order valence-corrected chi connectivity index (χ4v) is 0.649. The van der Waals surface area contributed by atoms with Crippen LogP contribution in [-0.2, 0) is 19.5 Å². The van der Waals surface area contributed by atoms with Crippen LogP contribution in [0.3, 0.4) is 0 Å². The Balaban J connectivity index is 0. The van der Waals surface area contributed by atoms with Crippen LogP contribution in [0.1, 0.15) is 5.56 Å². The van der Waals surface area contributed by atoms with Crippen molar-refractivity contribution >= 4 is 11.9 Å². The van der Waals surface area contributed by atoms with Crippen molar-refractivity contribution in [2.24, 2.45) is 0 Å². The zero-order valence-corrected chi connectivity index (χ0v) is 10.2. The van der Waals surface area contributed by atoms with Crippen LogP contribution in [0.4, 0.5) is 5.69 Å². The minimum atomic E-state index is 0. The smallest absolute Gasteiger partial charge is 1.00 e. The van der Waals surface area contributed by atoms with Crippen LogP contribution < -0.4 is 18.1 Å². The Morgan fingerprint density at radius 2 is 1.75 bits per heavy atom. The Kier molecular flexibility index (Phi) is 8.08. The zero-order valence-electron chi connectivity index (χ0n) is 6.44. The fraction of sp³-hybridized carbons (Fsp3) is 0. The van der Waals surface area contributed by atoms with Crippen molar-refractivity contribution in [2.75, 3.05) is 5.73 Å². The van der Waals surface area contributed by atoms with Crippen molar-refractivity contribution in [1.29, 1.82) is 0 Å². The molecule has 0 unspecified atom stereocenters. The first-order valence-corrected chi connectivity index (χ1v) is 2.86. The predicted octanol–water partition coefficient (Wildman–Crippen LogP) is -2.08. The first-order valence-electron chi connectivity index (χ1n) is 2.86. The number of hydrogen-bond donors (Lipinski definition) is 1. The quantitative estimate of drug-likeness (QED) is 0.196. The number of nitrogens with two attached hydrogens (primary N) is 1. The normalized spacial score (nSPS) is 7.00. The maximum atomic E-state index is 8.13. The van der Waals surface area contributed by atoms with E-state index in [4.69, 9.17) is 11.3 Å². The van der Waals surface area contributed by atoms with Gasteiger partial charge in [-0.3, -0.25) is 0 Å². The van der Waals surface area contributed by atoms with E-state index in [9.17, 15) is 0 Å². The molecule has 0 atom stereocenters. The molecule has 1 rings (SSSR count). The molecule has 5 heteroatoms. The second-order valence-corrected chi connectivity index (χ2v) is 1.91. The average molecular weight is 234 g/mol. The van der Waals surface area contributed by atoms with E-state index in [1.807, 2.05) is 0 Å². The Hall–Kier alpha value is -0.687. The van der Waals surface area contributed by atoms with Gasteiger partial charge in [-0.15, -0.1) is 0 Å². The van der Waals surface area contributed by atoms with E-state index < -0.39 is 0 Å². The summed E-state index contributed by atoms with van der Waals surface area (Å²) in [5.41, 5.74) is 15.1. The Morgan fingerprint density at radius 1 is 1.25 bits per heavy atom. The fourth-order valence-electron chi connectivity index (χ4n) is 0.649. The molecule has 0 spiro atoms. The van der Waals surface area contributed by atoms with Gasteiger partial charge in [0, 0.05) is 5.69 Å². The largest absolute Gasteiger partial charge is 2.00 e. The summed E-state index contributed by atoms with van der Waals surface area (Å²) in [7, 11) is 0. The molecule has 1 aromatic rings. The molecule has 0 aromatic heterocycles. The van der Waals surface area contributed by atoms with Crippen molar-refractivity contribution < 1.29 is 36.7 Å². The average Bonchev–Trinajstić information content (AvgIpc) is 1.95. The van der Waals surface area contributed by atoms with Crippen molar-refractivity contribution in [3.8, 4) is 0 Å². The van der Waals surface area contributed by atoms with Gasteiger partial charge in [0.1, 0.15) is 0 Å². The Bertz CT molecular complexity index is 266. The van der Waals surface area contributed by atoms with E-state index in [-0.39, 0.29) is 31.9 Å². The van der Waals surface area contributed by atoms with Crippen LogP contribution in [0.5, 0.6) is 0 Å². The maximum absolute atomic E-state index is 8.13. The van der Waals surface area contributed by atoms with Gasteiger partial charge in [0.2, 0.25) is 0 Å². The van der Waals surface area contributed by atoms with Crippen molar-refractivity contribution in [2.45, 2.75) is 0 Å². The maximum Gasteiger partial charge on any atom is 2.00 e. The molecule has 0 radical (unpaired) electrons. The third-order valence-corrected chi connectivity index (χ3v) is 1.14. The molecule has 0 heterocycles. The molecule has 0 saturated heterocycles. The summed E-state index contributed by atoms with van der Waals surface area (Å²) < 4.78 is 0. The van der Waals surface area contributed by atoms with E-state index in [0.717, 1.165) is 5.56 Å². The molecule has 0 aliphatic heterocycles. The Labute approximate surface area is 89.8 Å². The van der Waals surface area contributed by atoms with Gasteiger partial charge >= 0.3 is 19.5 Å². The molecule has 0 fully saturated rings. The van der Waals surface area contributed by atoms with E-state index in [2.05, 4.69) is 4.79 Å². The summed E-state index contributed by atoms with van der Waals surface area (Å²) >= 11 is 0. The van der Waals surface area contributed by atoms with E-state index in [0.29, 0.717) is 5.69 Å². The first kappa shape index (κ1) is 13.9. The van der Waals surface area contributed by atoms with Gasteiger partial charge in [-0.2, -0.15) is 4.79 Å². The second-order valence-electron chi connectivity index (χ2n) is 1.91. The number of benzene rings is 1. The SMILES string of the molecule is [Cl-].[N-]=[N+]=Cc1ccc(N)cc1.[Zn+2]. The number of nitrogens with zero attached hydrogens (tertiary/aromatic N) is 2. The molecule has 0 saturated carbocycles. The summed E-state index contributed by atoms with van der Waals surface area (Å²) in [6, 6.07) is 7.04. The van der Waals surface area contributed by atoms with Gasteiger partial charge in [0.05, 0.1) is 5.56 Å². The van der Waals surface area contributed by atoms with Crippen LogP contribution in [0, 0.1) is 0 Å². The molecule has 2 N–H and O–H groups in total. The topological polar surface area (TPSA) is 62.4 Å². The minimum Gasteiger partial charge on any atom is -1.00 e. The van der Waals surface area contributed by atoms with Crippen molar-refractivity contribution in [3.05, 3.63) is 35.4 Å². The minimum absolute atomic E-state index is 0. The van der Waals surface area contributed by atoms with Gasteiger partial charge < -0.3 is 23.7 Å². The number of nitrogen functional groups attached to an aromatic ring is 1. The van der Waals surface area contributed by atoms with Gasteiger partial charge in [-0.05, 0) is 24.3 Å². The summed E-state index contributed by atoms with van der Waals surface area (Å²) in [6.45, 7) is 0. The van der Waals surface area contributed by atoms with Crippen LogP contribution in [-0.4, -0.2) is 11.0 Å². The van der Waals surface area contributed by atoms with E-state index in [1.54, 1.807) is 24.3 Å². The van der Waals surface area contributed by atoms with Crippen molar-refractivity contribution in [3.63, 3.8) is 0 Å². The van der Waals surface area contributed by atoms with E-state index >= 15 is 0 Å². The number of halogens is 1. The molecule has 0 bridgehead atoms. The molecular formula is C7H7ClN3Zn+. The Morgan fingerprint density at radius 3 is 2.17 bits per heavy atom. The van der Waals surface area contributed by atoms with Crippen molar-refractivity contribution in [1.82, 2.24) is 0 Å². The van der Waals surface area contributed by atoms with Crippen LogP contribution >= 0.6 is 0 Å². The van der Waals surface area contributed by atoms with E-state index in [1.165, 1.54) is 6.21 Å². The zero-order chi connectivity index (χ0) is 7.40. The van der Waals surface area contributed by atoms with Gasteiger partial charge in [-0.1, -0.05) is 0 Å².